The van der Waals surface area contributed by atoms with Crippen LogP contribution in [-0.2, 0) is 19.1 Å². The number of halogens is 4. The number of rotatable bonds is 13. The second-order valence-electron chi connectivity index (χ2n) is 9.89. The van der Waals surface area contributed by atoms with E-state index in [1.54, 1.807) is 64.1 Å². The highest BCUT2D eigenvalue weighted by Crippen LogP contribution is 2.45. The van der Waals surface area contributed by atoms with Crippen LogP contribution >= 0.6 is 40.4 Å². The largest absolute Gasteiger partial charge is 0.477 e. The second-order valence-corrected chi connectivity index (χ2v) is 13.4. The van der Waals surface area contributed by atoms with Crippen LogP contribution in [0.25, 0.3) is 11.1 Å². The zero-order valence-corrected chi connectivity index (χ0v) is 29.0. The molecule has 12 heteroatoms. The molecule has 0 aliphatic rings. The summed E-state index contributed by atoms with van der Waals surface area (Å²) in [6.07, 6.45) is -2.10. The van der Waals surface area contributed by atoms with E-state index in [-0.39, 0.29) is 63.6 Å². The highest BCUT2D eigenvalue weighted by molar-refractivity contribution is 7.56. The summed E-state index contributed by atoms with van der Waals surface area (Å²) in [6.45, 7) is 6.78. The van der Waals surface area contributed by atoms with Gasteiger partial charge in [-0.05, 0) is 85.3 Å². The van der Waals surface area contributed by atoms with Crippen molar-refractivity contribution in [3.8, 4) is 22.6 Å². The van der Waals surface area contributed by atoms with Gasteiger partial charge in [0, 0.05) is 11.1 Å². The molecular weight excluding hydrogens is 675 g/mol. The van der Waals surface area contributed by atoms with Crippen molar-refractivity contribution >= 4 is 73.5 Å². The normalized spacial score (nSPS) is 12.8. The lowest BCUT2D eigenvalue weighted by Gasteiger charge is -2.25. The molecule has 0 N–H and O–H groups in total. The van der Waals surface area contributed by atoms with Gasteiger partial charge < -0.3 is 18.9 Å². The Morgan fingerprint density at radius 1 is 0.630 bits per heavy atom. The molecule has 0 radical (unpaired) electrons. The first-order valence-corrected chi connectivity index (χ1v) is 17.1. The van der Waals surface area contributed by atoms with Crippen molar-refractivity contribution in [3.05, 3.63) is 94.5 Å². The molecule has 4 rings (SSSR count). The first kappa shape index (κ1) is 35.6. The lowest BCUT2D eigenvalue weighted by atomic mass is 10.0. The molecule has 0 heterocycles. The average Bonchev–Trinajstić information content (AvgIpc) is 3.03. The minimum Gasteiger partial charge on any atom is -0.477 e. The van der Waals surface area contributed by atoms with Gasteiger partial charge in [-0.25, -0.2) is 18.4 Å². The monoisotopic (exact) mass is 706 g/mol. The summed E-state index contributed by atoms with van der Waals surface area (Å²) in [5.74, 6) is -1.62. The molecule has 0 aromatic heterocycles. The highest BCUT2D eigenvalue weighted by Gasteiger charge is 2.29. The number of carbonyl (C=O) groups is 2. The minimum absolute atomic E-state index is 0.0296. The fourth-order valence-electron chi connectivity index (χ4n) is 4.40. The van der Waals surface area contributed by atoms with Crippen molar-refractivity contribution in [1.82, 2.24) is 0 Å². The van der Waals surface area contributed by atoms with E-state index < -0.39 is 24.1 Å². The lowest BCUT2D eigenvalue weighted by Crippen LogP contribution is -2.28. The fourth-order valence-corrected chi connectivity index (χ4v) is 7.15. The second kappa shape index (κ2) is 16.5. The van der Waals surface area contributed by atoms with Gasteiger partial charge in [0.15, 0.2) is 12.2 Å². The molecule has 242 valence electrons. The Labute approximate surface area is 280 Å². The van der Waals surface area contributed by atoms with E-state index in [1.165, 1.54) is 24.3 Å². The summed E-state index contributed by atoms with van der Waals surface area (Å²) >= 11 is 13.6. The molecular formula is C34H32Cl2F2O6P2. The molecule has 0 amide bonds. The maximum absolute atomic E-state index is 13.8. The van der Waals surface area contributed by atoms with Gasteiger partial charge in [0.2, 0.25) is 0 Å². The molecule has 0 bridgehead atoms. The standard InChI is InChI=1S/C34H32Cl2F2O6P2/c1-5-41-33(39)19(3)43-31-25(35)15-17-27(45-23-11-7-21(37)8-12-23)29(31)30-28(46-24-13-9-22(38)10-14-24)18-16-26(36)32(30)44-20(4)34(40)42-6-2/h7-20,45-46H,5-6H2,1-4H3. The van der Waals surface area contributed by atoms with Gasteiger partial charge in [-0.1, -0.05) is 76.8 Å². The third-order valence-electron chi connectivity index (χ3n) is 6.54. The van der Waals surface area contributed by atoms with E-state index in [1.807, 2.05) is 12.1 Å². The Balaban J connectivity index is 2.02. The Kier molecular flexibility index (Phi) is 12.8. The molecule has 4 aromatic carbocycles. The van der Waals surface area contributed by atoms with Crippen LogP contribution < -0.4 is 30.7 Å². The number of hydrogen-bond acceptors (Lipinski definition) is 6. The molecule has 4 aromatic rings. The Morgan fingerprint density at radius 2 is 0.978 bits per heavy atom. The van der Waals surface area contributed by atoms with Gasteiger partial charge in [-0.15, -0.1) is 0 Å². The Bertz CT molecular complexity index is 1560. The van der Waals surface area contributed by atoms with Gasteiger partial charge in [0.05, 0.1) is 23.3 Å². The summed E-state index contributed by atoms with van der Waals surface area (Å²) < 4.78 is 50.5. The van der Waals surface area contributed by atoms with Gasteiger partial charge in [-0.3, -0.25) is 0 Å². The summed E-state index contributed by atoms with van der Waals surface area (Å²) in [4.78, 5) is 25.4. The molecule has 0 saturated carbocycles. The molecule has 4 unspecified atom stereocenters. The number of carbonyl (C=O) groups excluding carboxylic acids is 2. The van der Waals surface area contributed by atoms with E-state index in [9.17, 15) is 18.4 Å². The van der Waals surface area contributed by atoms with Crippen molar-refractivity contribution in [3.63, 3.8) is 0 Å². The van der Waals surface area contributed by atoms with Crippen molar-refractivity contribution in [1.29, 1.82) is 0 Å². The van der Waals surface area contributed by atoms with Crippen LogP contribution in [0.5, 0.6) is 11.5 Å². The van der Waals surface area contributed by atoms with E-state index in [4.69, 9.17) is 42.1 Å². The molecule has 0 aliphatic carbocycles. The lowest BCUT2D eigenvalue weighted by molar-refractivity contribution is -0.151. The predicted octanol–water partition coefficient (Wildman–Crippen LogP) is 6.86. The molecule has 6 nitrogen and oxygen atoms in total. The fraction of sp³-hybridized carbons (Fsp3) is 0.235. The third kappa shape index (κ3) is 8.95. The van der Waals surface area contributed by atoms with Gasteiger partial charge in [0.25, 0.3) is 0 Å². The van der Waals surface area contributed by atoms with Crippen LogP contribution in [0.15, 0.2) is 72.8 Å². The minimum atomic E-state index is -1.05. The van der Waals surface area contributed by atoms with Crippen LogP contribution in [0, 0.1) is 11.6 Å². The van der Waals surface area contributed by atoms with Crippen LogP contribution in [0.3, 0.4) is 0 Å². The summed E-state index contributed by atoms with van der Waals surface area (Å²) in [6, 6.07) is 19.1. The quantitative estimate of drug-likeness (QED) is 0.112. The molecule has 0 saturated heterocycles. The smallest absolute Gasteiger partial charge is 0.347 e. The van der Waals surface area contributed by atoms with Gasteiger partial charge in [-0.2, -0.15) is 0 Å². The number of ether oxygens (including phenoxy) is 4. The van der Waals surface area contributed by atoms with Crippen molar-refractivity contribution in [2.45, 2.75) is 39.9 Å². The van der Waals surface area contributed by atoms with Crippen LogP contribution in [0.4, 0.5) is 8.78 Å². The maximum Gasteiger partial charge on any atom is 0.347 e. The maximum atomic E-state index is 13.8. The zero-order valence-electron chi connectivity index (χ0n) is 25.5. The predicted molar refractivity (Wildman–Crippen MR) is 183 cm³/mol. The summed E-state index contributed by atoms with van der Waals surface area (Å²) in [5.41, 5.74) is 0.925. The van der Waals surface area contributed by atoms with E-state index in [0.717, 1.165) is 10.6 Å². The molecule has 0 aliphatic heterocycles. The average molecular weight is 707 g/mol. The van der Waals surface area contributed by atoms with E-state index in [2.05, 4.69) is 0 Å². The molecule has 46 heavy (non-hydrogen) atoms. The zero-order chi connectivity index (χ0) is 33.4. The van der Waals surface area contributed by atoms with Crippen molar-refractivity contribution in [2.24, 2.45) is 0 Å². The van der Waals surface area contributed by atoms with Crippen LogP contribution in [0.1, 0.15) is 27.7 Å². The number of benzene rings is 4. The molecule has 4 atom stereocenters. The van der Waals surface area contributed by atoms with Gasteiger partial charge in [0.1, 0.15) is 23.1 Å². The van der Waals surface area contributed by atoms with E-state index in [0.29, 0.717) is 21.7 Å². The summed E-state index contributed by atoms with van der Waals surface area (Å²) in [7, 11) is -0.0593. The number of esters is 2. The number of hydrogen-bond donors (Lipinski definition) is 0. The van der Waals surface area contributed by atoms with Gasteiger partial charge >= 0.3 is 11.9 Å². The Morgan fingerprint density at radius 3 is 1.30 bits per heavy atom. The van der Waals surface area contributed by atoms with Crippen LogP contribution in [-0.4, -0.2) is 37.4 Å². The third-order valence-corrected chi connectivity index (χ3v) is 9.75. The molecule has 0 spiro atoms. The SMILES string of the molecule is CCOC(=O)C(C)Oc1c(Cl)ccc(Pc2ccc(F)cc2)c1-c1c(Pc2ccc(F)cc2)ccc(Cl)c1OC(C)C(=O)OCC. The highest BCUT2D eigenvalue weighted by atomic mass is 35.5. The van der Waals surface area contributed by atoms with E-state index >= 15 is 0 Å². The van der Waals surface area contributed by atoms with Crippen LogP contribution in [0.2, 0.25) is 10.0 Å². The topological polar surface area (TPSA) is 71.1 Å². The first-order chi connectivity index (χ1) is 22.0. The first-order valence-electron chi connectivity index (χ1n) is 14.4. The summed E-state index contributed by atoms with van der Waals surface area (Å²) in [5, 5.41) is 3.42. The Hall–Kier alpha value is -3.28. The van der Waals surface area contributed by atoms with Crippen molar-refractivity contribution < 1.29 is 37.3 Å². The molecule has 0 fully saturated rings. The van der Waals surface area contributed by atoms with Crippen molar-refractivity contribution in [2.75, 3.05) is 13.2 Å².